The Morgan fingerprint density at radius 2 is 1.86 bits per heavy atom. The van der Waals surface area contributed by atoms with Crippen LogP contribution < -0.4 is 0 Å². The lowest BCUT2D eigenvalue weighted by Crippen LogP contribution is -2.32. The second kappa shape index (κ2) is 7.56. The fourth-order valence-corrected chi connectivity index (χ4v) is 5.14. The first kappa shape index (κ1) is 20.3. The van der Waals surface area contributed by atoms with Crippen LogP contribution in [0.15, 0.2) is 53.4 Å². The molecule has 0 amide bonds. The summed E-state index contributed by atoms with van der Waals surface area (Å²) in [6, 6.07) is 9.37. The summed E-state index contributed by atoms with van der Waals surface area (Å²) < 4.78 is 72.2. The van der Waals surface area contributed by atoms with Gasteiger partial charge in [0.2, 0.25) is 10.0 Å². The molecule has 0 saturated carbocycles. The second-order valence-electron chi connectivity index (χ2n) is 6.38. The van der Waals surface area contributed by atoms with Crippen molar-refractivity contribution in [2.45, 2.75) is 30.0 Å². The first-order valence-electron chi connectivity index (χ1n) is 8.52. The van der Waals surface area contributed by atoms with Gasteiger partial charge in [-0.25, -0.2) is 13.2 Å². The van der Waals surface area contributed by atoms with E-state index in [0.717, 1.165) is 10.4 Å². The average Bonchev–Trinajstić information content (AvgIpc) is 3.17. The molecule has 1 saturated heterocycles. The van der Waals surface area contributed by atoms with Crippen molar-refractivity contribution in [1.82, 2.24) is 4.31 Å². The van der Waals surface area contributed by atoms with E-state index in [1.165, 1.54) is 49.6 Å². The van der Waals surface area contributed by atoms with Gasteiger partial charge in [-0.1, -0.05) is 24.3 Å². The van der Waals surface area contributed by atoms with Crippen LogP contribution in [0.1, 0.15) is 40.4 Å². The molecule has 0 bridgehead atoms. The zero-order valence-corrected chi connectivity index (χ0v) is 15.8. The molecule has 28 heavy (non-hydrogen) atoms. The first-order chi connectivity index (χ1) is 13.2. The van der Waals surface area contributed by atoms with Crippen LogP contribution in [0.3, 0.4) is 0 Å². The van der Waals surface area contributed by atoms with Gasteiger partial charge >= 0.3 is 12.1 Å². The molecule has 0 aromatic heterocycles. The molecule has 150 valence electrons. The quantitative estimate of drug-likeness (QED) is 0.711. The van der Waals surface area contributed by atoms with Crippen LogP contribution >= 0.6 is 0 Å². The van der Waals surface area contributed by atoms with E-state index in [4.69, 9.17) is 0 Å². The molecule has 1 aliphatic rings. The molecule has 1 aliphatic heterocycles. The number of methoxy groups -OCH3 is 1. The Bertz CT molecular complexity index is 989. The van der Waals surface area contributed by atoms with Gasteiger partial charge < -0.3 is 4.74 Å². The average molecular weight is 413 g/mol. The predicted octanol–water partition coefficient (Wildman–Crippen LogP) is 4.02. The molecule has 3 rings (SSSR count). The molecule has 1 atom stereocenters. The predicted molar refractivity (Wildman–Crippen MR) is 95.1 cm³/mol. The number of hydrogen-bond donors (Lipinski definition) is 0. The third kappa shape index (κ3) is 3.77. The Balaban J connectivity index is 2.03. The van der Waals surface area contributed by atoms with Crippen LogP contribution in [0.4, 0.5) is 13.2 Å². The van der Waals surface area contributed by atoms with Gasteiger partial charge in [-0.3, -0.25) is 0 Å². The third-order valence-electron chi connectivity index (χ3n) is 4.69. The van der Waals surface area contributed by atoms with Crippen LogP contribution in [-0.4, -0.2) is 32.3 Å². The van der Waals surface area contributed by atoms with Gasteiger partial charge in [0.05, 0.1) is 29.2 Å². The van der Waals surface area contributed by atoms with Crippen molar-refractivity contribution >= 4 is 16.0 Å². The number of benzene rings is 2. The zero-order chi connectivity index (χ0) is 20.5. The largest absolute Gasteiger partial charge is 0.465 e. The van der Waals surface area contributed by atoms with Gasteiger partial charge in [0.1, 0.15) is 0 Å². The number of alkyl halides is 3. The number of halogens is 3. The molecule has 2 aromatic rings. The number of sulfonamides is 1. The van der Waals surface area contributed by atoms with Crippen molar-refractivity contribution < 1.29 is 31.1 Å². The fraction of sp³-hybridized carbons (Fsp3) is 0.316. The molecule has 1 fully saturated rings. The maximum absolute atomic E-state index is 13.4. The Morgan fingerprint density at radius 1 is 1.14 bits per heavy atom. The summed E-state index contributed by atoms with van der Waals surface area (Å²) in [7, 11) is -2.93. The minimum atomic E-state index is -4.58. The summed E-state index contributed by atoms with van der Waals surface area (Å²) in [5.41, 5.74) is -0.861. The zero-order valence-electron chi connectivity index (χ0n) is 14.9. The molecule has 0 radical (unpaired) electrons. The number of rotatable bonds is 4. The van der Waals surface area contributed by atoms with Gasteiger partial charge in [0.25, 0.3) is 0 Å². The van der Waals surface area contributed by atoms with Gasteiger partial charge in [-0.2, -0.15) is 17.5 Å². The summed E-state index contributed by atoms with van der Waals surface area (Å²) >= 11 is 0. The minimum absolute atomic E-state index is 0.0509. The van der Waals surface area contributed by atoms with E-state index < -0.39 is 33.8 Å². The van der Waals surface area contributed by atoms with Gasteiger partial charge in [0, 0.05) is 6.54 Å². The highest BCUT2D eigenvalue weighted by Crippen LogP contribution is 2.42. The molecule has 0 aliphatic carbocycles. The Kier molecular flexibility index (Phi) is 5.49. The minimum Gasteiger partial charge on any atom is -0.465 e. The lowest BCUT2D eigenvalue weighted by molar-refractivity contribution is -0.138. The molecular formula is C19H18F3NO4S. The molecule has 9 heteroatoms. The third-order valence-corrected chi connectivity index (χ3v) is 6.59. The van der Waals surface area contributed by atoms with Gasteiger partial charge in [0.15, 0.2) is 0 Å². The van der Waals surface area contributed by atoms with Crippen molar-refractivity contribution in [3.63, 3.8) is 0 Å². The highest BCUT2D eigenvalue weighted by atomic mass is 32.2. The molecule has 1 unspecified atom stereocenters. The van der Waals surface area contributed by atoms with E-state index in [1.54, 1.807) is 0 Å². The lowest BCUT2D eigenvalue weighted by Gasteiger charge is -2.26. The van der Waals surface area contributed by atoms with Crippen molar-refractivity contribution in [2.24, 2.45) is 0 Å². The number of hydrogen-bond acceptors (Lipinski definition) is 4. The number of esters is 1. The standard InChI is InChI=1S/C19H18F3NO4S/c1-27-18(24)13-6-4-7-14(12-13)28(25,26)23-11-5-10-17(23)15-8-2-3-9-16(15)19(20,21)22/h2-4,6-9,12,17H,5,10-11H2,1H3. The molecule has 0 N–H and O–H groups in total. The summed E-state index contributed by atoms with van der Waals surface area (Å²) in [5.74, 6) is -0.697. The Hall–Kier alpha value is -2.39. The summed E-state index contributed by atoms with van der Waals surface area (Å²) in [5, 5.41) is 0. The number of nitrogens with zero attached hydrogens (tertiary/aromatic N) is 1. The number of carbonyl (C=O) groups is 1. The van der Waals surface area contributed by atoms with E-state index in [2.05, 4.69) is 4.74 Å². The molecule has 2 aromatic carbocycles. The molecule has 5 nitrogen and oxygen atoms in total. The highest BCUT2D eigenvalue weighted by Gasteiger charge is 2.41. The van der Waals surface area contributed by atoms with Crippen molar-refractivity contribution in [3.8, 4) is 0 Å². The molecular weight excluding hydrogens is 395 g/mol. The summed E-state index contributed by atoms with van der Waals surface area (Å²) in [6.07, 6.45) is -3.87. The Morgan fingerprint density at radius 3 is 2.54 bits per heavy atom. The number of ether oxygens (including phenoxy) is 1. The van der Waals surface area contributed by atoms with E-state index in [9.17, 15) is 26.4 Å². The molecule has 0 spiro atoms. The lowest BCUT2D eigenvalue weighted by atomic mass is 9.99. The molecule has 1 heterocycles. The van der Waals surface area contributed by atoms with Crippen molar-refractivity contribution in [1.29, 1.82) is 0 Å². The van der Waals surface area contributed by atoms with E-state index >= 15 is 0 Å². The van der Waals surface area contributed by atoms with Crippen LogP contribution in [-0.2, 0) is 20.9 Å². The fourth-order valence-electron chi connectivity index (χ4n) is 3.42. The van der Waals surface area contributed by atoms with Crippen LogP contribution in [0.5, 0.6) is 0 Å². The SMILES string of the molecule is COC(=O)c1cccc(S(=O)(=O)N2CCCC2c2ccccc2C(F)(F)F)c1. The second-order valence-corrected chi connectivity index (χ2v) is 8.27. The smallest absolute Gasteiger partial charge is 0.416 e. The topological polar surface area (TPSA) is 63.7 Å². The monoisotopic (exact) mass is 413 g/mol. The maximum atomic E-state index is 13.4. The Labute approximate surface area is 160 Å². The summed E-state index contributed by atoms with van der Waals surface area (Å²) in [4.78, 5) is 11.5. The number of carbonyl (C=O) groups excluding carboxylic acids is 1. The first-order valence-corrected chi connectivity index (χ1v) is 9.96. The van der Waals surface area contributed by atoms with Crippen LogP contribution in [0.25, 0.3) is 0 Å². The highest BCUT2D eigenvalue weighted by molar-refractivity contribution is 7.89. The normalized spacial score (nSPS) is 18.2. The van der Waals surface area contributed by atoms with Crippen LogP contribution in [0.2, 0.25) is 0 Å². The van der Waals surface area contributed by atoms with E-state index in [-0.39, 0.29) is 29.0 Å². The van der Waals surface area contributed by atoms with Crippen LogP contribution in [0, 0.1) is 0 Å². The maximum Gasteiger partial charge on any atom is 0.416 e. The summed E-state index contributed by atoms with van der Waals surface area (Å²) in [6.45, 7) is 0.0989. The van der Waals surface area contributed by atoms with E-state index in [1.807, 2.05) is 0 Å². The van der Waals surface area contributed by atoms with Crippen molar-refractivity contribution in [2.75, 3.05) is 13.7 Å². The van der Waals surface area contributed by atoms with Gasteiger partial charge in [-0.05, 0) is 42.7 Å². The van der Waals surface area contributed by atoms with Crippen molar-refractivity contribution in [3.05, 3.63) is 65.2 Å². The van der Waals surface area contributed by atoms with Gasteiger partial charge in [-0.15, -0.1) is 0 Å². The van der Waals surface area contributed by atoms with E-state index in [0.29, 0.717) is 6.42 Å².